The Bertz CT molecular complexity index is 974. The molecule has 6 rings (SSSR count). The maximum Gasteiger partial charge on any atom is 0.343 e. The third-order valence-electron chi connectivity index (χ3n) is 9.33. The van der Waals surface area contributed by atoms with Gasteiger partial charge in [-0.05, 0) is 24.7 Å². The molecule has 4 saturated heterocycles. The molecule has 2 aliphatic carbocycles. The predicted octanol–water partition coefficient (Wildman–Crippen LogP) is -0.741. The number of aliphatic hydroxyl groups is 2. The van der Waals surface area contributed by atoms with Crippen LogP contribution >= 0.6 is 0 Å². The van der Waals surface area contributed by atoms with Crippen LogP contribution in [0.15, 0.2) is 0 Å². The lowest BCUT2D eigenvalue weighted by Crippen LogP contribution is -2.67. The van der Waals surface area contributed by atoms with Crippen molar-refractivity contribution in [1.82, 2.24) is 0 Å². The number of esters is 3. The molecule has 0 radical (unpaired) electrons. The topological polar surface area (TPSA) is 147 Å². The standard InChI is InChI=1S/C22H28O11/c1-8-14(24)31-13-12(29-7-28-5)20-10-6-9(18(2,3)4)19(20)11(23)15(25)32-17(19)33-22(20,16(26)30-10)21(8,13)27/h8-13,17,23,27H,6-7H2,1-5H3/t8-,9+,10-,11+,12-,13+,17+,19+,20+,21-,22-/m1/s1. The molecule has 2 N–H and O–H groups in total. The van der Waals surface area contributed by atoms with E-state index in [9.17, 15) is 24.6 Å². The van der Waals surface area contributed by atoms with E-state index in [1.807, 2.05) is 20.8 Å². The first-order valence-electron chi connectivity index (χ1n) is 11.2. The van der Waals surface area contributed by atoms with Crippen LogP contribution in [-0.4, -0.2) is 83.9 Å². The van der Waals surface area contributed by atoms with Gasteiger partial charge in [-0.15, -0.1) is 0 Å². The van der Waals surface area contributed by atoms with Gasteiger partial charge in [0, 0.05) is 7.11 Å². The minimum atomic E-state index is -2.18. The number of aliphatic hydroxyl groups excluding tert-OH is 1. The Morgan fingerprint density at radius 3 is 2.45 bits per heavy atom. The van der Waals surface area contributed by atoms with E-state index in [0.717, 1.165) is 0 Å². The molecule has 0 aromatic heterocycles. The lowest BCUT2D eigenvalue weighted by atomic mass is 9.51. The van der Waals surface area contributed by atoms with E-state index >= 15 is 0 Å². The molecule has 0 amide bonds. The molecular formula is C22H28O11. The molecular weight excluding hydrogens is 440 g/mol. The summed E-state index contributed by atoms with van der Waals surface area (Å²) in [6.45, 7) is 7.06. The summed E-state index contributed by atoms with van der Waals surface area (Å²) in [6.07, 6.45) is -6.09. The van der Waals surface area contributed by atoms with Crippen LogP contribution in [0.2, 0.25) is 0 Å². The molecule has 0 unspecified atom stereocenters. The third kappa shape index (κ3) is 1.78. The second-order valence-electron chi connectivity index (χ2n) is 11.2. The maximum atomic E-state index is 13.7. The third-order valence-corrected chi connectivity index (χ3v) is 9.33. The Kier molecular flexibility index (Phi) is 3.87. The van der Waals surface area contributed by atoms with E-state index < -0.39 is 87.9 Å². The number of rotatable bonds is 3. The molecule has 11 nitrogen and oxygen atoms in total. The zero-order valence-electron chi connectivity index (χ0n) is 19.0. The number of fused-ring (bicyclic) bond motifs is 1. The van der Waals surface area contributed by atoms with Gasteiger partial charge in [-0.3, -0.25) is 4.79 Å². The quantitative estimate of drug-likeness (QED) is 0.307. The molecule has 2 saturated carbocycles. The average molecular weight is 468 g/mol. The smallest absolute Gasteiger partial charge is 0.343 e. The first kappa shape index (κ1) is 21.7. The van der Waals surface area contributed by atoms with Gasteiger partial charge in [-0.1, -0.05) is 20.8 Å². The average Bonchev–Trinajstić information content (AvgIpc) is 3.44. The highest BCUT2D eigenvalue weighted by atomic mass is 16.8. The van der Waals surface area contributed by atoms with Crippen LogP contribution in [0, 0.1) is 28.1 Å². The van der Waals surface area contributed by atoms with Crippen molar-refractivity contribution in [1.29, 1.82) is 0 Å². The van der Waals surface area contributed by atoms with Gasteiger partial charge in [0.25, 0.3) is 0 Å². The van der Waals surface area contributed by atoms with Crippen LogP contribution in [0.5, 0.6) is 0 Å². The number of methoxy groups -OCH3 is 1. The van der Waals surface area contributed by atoms with Crippen LogP contribution < -0.4 is 0 Å². The van der Waals surface area contributed by atoms with Crippen LogP contribution in [0.1, 0.15) is 34.1 Å². The highest BCUT2D eigenvalue weighted by Crippen LogP contribution is 2.84. The zero-order chi connectivity index (χ0) is 23.9. The summed E-state index contributed by atoms with van der Waals surface area (Å²) >= 11 is 0. The molecule has 0 aromatic rings. The van der Waals surface area contributed by atoms with Gasteiger partial charge in [0.1, 0.15) is 19.0 Å². The minimum Gasteiger partial charge on any atom is -0.459 e. The Hall–Kier alpha value is -1.79. The van der Waals surface area contributed by atoms with Crippen molar-refractivity contribution < 1.29 is 53.0 Å². The molecule has 182 valence electrons. The van der Waals surface area contributed by atoms with Gasteiger partial charge in [0.2, 0.25) is 11.9 Å². The summed E-state index contributed by atoms with van der Waals surface area (Å²) < 4.78 is 34.5. The summed E-state index contributed by atoms with van der Waals surface area (Å²) in [5.41, 5.74) is -7.88. The van der Waals surface area contributed by atoms with E-state index in [1.54, 1.807) is 0 Å². The summed E-state index contributed by atoms with van der Waals surface area (Å²) in [6, 6.07) is 0. The number of hydrogen-bond acceptors (Lipinski definition) is 11. The number of hydrogen-bond donors (Lipinski definition) is 2. The molecule has 6 aliphatic rings. The molecule has 2 spiro atoms. The highest BCUT2D eigenvalue weighted by molar-refractivity contribution is 5.94. The summed E-state index contributed by atoms with van der Waals surface area (Å²) in [7, 11) is 1.40. The molecule has 11 atom stereocenters. The molecule has 4 aliphatic heterocycles. The molecule has 11 heteroatoms. The SMILES string of the molecule is COCO[C@@H]1[C@@H]2OC(=O)[C@@H](C)[C@]2(O)[C@@]23O[C@@H]4OC(=O)[C@H](O)[C@@]45[C@H](C(C)(C)C)C[C@@H](OC2=O)[C@]153. The number of carbonyl (C=O) groups is 3. The van der Waals surface area contributed by atoms with Gasteiger partial charge < -0.3 is 38.6 Å². The fourth-order valence-corrected chi connectivity index (χ4v) is 8.44. The molecule has 0 bridgehead atoms. The first-order valence-corrected chi connectivity index (χ1v) is 11.2. The molecule has 6 fully saturated rings. The minimum absolute atomic E-state index is 0.256. The van der Waals surface area contributed by atoms with Crippen molar-refractivity contribution in [3.05, 3.63) is 0 Å². The molecule has 4 heterocycles. The Morgan fingerprint density at radius 2 is 1.82 bits per heavy atom. The van der Waals surface area contributed by atoms with Gasteiger partial charge in [0.05, 0.1) is 16.7 Å². The lowest BCUT2D eigenvalue weighted by molar-refractivity contribution is -0.241. The van der Waals surface area contributed by atoms with E-state index in [-0.39, 0.29) is 13.2 Å². The van der Waals surface area contributed by atoms with Crippen molar-refractivity contribution in [2.75, 3.05) is 13.9 Å². The monoisotopic (exact) mass is 468 g/mol. The Balaban J connectivity index is 1.71. The fraction of sp³-hybridized carbons (Fsp3) is 0.864. The van der Waals surface area contributed by atoms with Crippen LogP contribution in [0.3, 0.4) is 0 Å². The van der Waals surface area contributed by atoms with Crippen LogP contribution in [0.25, 0.3) is 0 Å². The number of carbonyl (C=O) groups excluding carboxylic acids is 3. The highest BCUT2D eigenvalue weighted by Gasteiger charge is 3.04. The van der Waals surface area contributed by atoms with Crippen LogP contribution in [0.4, 0.5) is 0 Å². The summed E-state index contributed by atoms with van der Waals surface area (Å²) in [5.74, 6) is -4.07. The summed E-state index contributed by atoms with van der Waals surface area (Å²) in [5, 5.41) is 23.6. The first-order chi connectivity index (χ1) is 15.4. The van der Waals surface area contributed by atoms with E-state index in [1.165, 1.54) is 14.0 Å². The van der Waals surface area contributed by atoms with Crippen molar-refractivity contribution in [3.63, 3.8) is 0 Å². The van der Waals surface area contributed by atoms with Crippen molar-refractivity contribution >= 4 is 17.9 Å². The van der Waals surface area contributed by atoms with E-state index in [2.05, 4.69) is 0 Å². The van der Waals surface area contributed by atoms with E-state index in [0.29, 0.717) is 0 Å². The van der Waals surface area contributed by atoms with Crippen molar-refractivity contribution in [3.8, 4) is 0 Å². The second-order valence-corrected chi connectivity index (χ2v) is 11.2. The largest absolute Gasteiger partial charge is 0.459 e. The van der Waals surface area contributed by atoms with Gasteiger partial charge in [-0.2, -0.15) is 0 Å². The fourth-order valence-electron chi connectivity index (χ4n) is 8.44. The maximum absolute atomic E-state index is 13.7. The second kappa shape index (κ2) is 5.88. The molecule has 33 heavy (non-hydrogen) atoms. The lowest BCUT2D eigenvalue weighted by Gasteiger charge is -2.48. The van der Waals surface area contributed by atoms with Gasteiger partial charge in [-0.25, -0.2) is 9.59 Å². The molecule has 0 aromatic carbocycles. The normalized spacial score (nSPS) is 55.7. The number of ether oxygens (including phenoxy) is 6. The summed E-state index contributed by atoms with van der Waals surface area (Å²) in [4.78, 5) is 39.1. The van der Waals surface area contributed by atoms with Crippen molar-refractivity contribution in [2.45, 2.75) is 76.0 Å². The zero-order valence-corrected chi connectivity index (χ0v) is 19.0. The Morgan fingerprint density at radius 1 is 1.12 bits per heavy atom. The van der Waals surface area contributed by atoms with Gasteiger partial charge in [0.15, 0.2) is 17.8 Å². The van der Waals surface area contributed by atoms with E-state index in [4.69, 9.17) is 28.4 Å². The Labute approximate surface area is 189 Å². The predicted molar refractivity (Wildman–Crippen MR) is 103 cm³/mol. The van der Waals surface area contributed by atoms with Crippen LogP contribution in [-0.2, 0) is 42.8 Å². The van der Waals surface area contributed by atoms with Crippen molar-refractivity contribution in [2.24, 2.45) is 28.1 Å². The van der Waals surface area contributed by atoms with Gasteiger partial charge >= 0.3 is 17.9 Å².